The van der Waals surface area contributed by atoms with Gasteiger partial charge in [-0.15, -0.1) is 11.3 Å². The topological polar surface area (TPSA) is 49.3 Å². The third kappa shape index (κ3) is 2.62. The minimum absolute atomic E-state index is 0.0538. The first-order valence-electron chi connectivity index (χ1n) is 6.29. The molecule has 0 spiro atoms. The van der Waals surface area contributed by atoms with E-state index in [9.17, 15) is 4.79 Å². The van der Waals surface area contributed by atoms with Crippen molar-refractivity contribution in [2.75, 3.05) is 31.1 Å². The molecule has 7 heteroatoms. The molecule has 3 rings (SSSR count). The normalized spacial score (nSPS) is 15.4. The first-order chi connectivity index (χ1) is 9.75. The number of aromatic nitrogens is 2. The maximum atomic E-state index is 12.4. The summed E-state index contributed by atoms with van der Waals surface area (Å²) in [4.78, 5) is 24.6. The average Bonchev–Trinajstić information content (AvgIpc) is 3.01. The number of halogens is 1. The molecule has 0 N–H and O–H groups in total. The van der Waals surface area contributed by atoms with Crippen LogP contribution in [0, 0.1) is 0 Å². The van der Waals surface area contributed by atoms with E-state index in [1.807, 2.05) is 10.3 Å². The second-order valence-electron chi connectivity index (χ2n) is 4.45. The van der Waals surface area contributed by atoms with Crippen LogP contribution in [0.2, 0.25) is 5.02 Å². The number of thiazole rings is 1. The Bertz CT molecular complexity index is 596. The summed E-state index contributed by atoms with van der Waals surface area (Å²) in [6, 6.07) is 1.64. The van der Waals surface area contributed by atoms with Crippen LogP contribution in [0.4, 0.5) is 5.13 Å². The van der Waals surface area contributed by atoms with Gasteiger partial charge < -0.3 is 9.80 Å². The molecule has 0 aromatic carbocycles. The van der Waals surface area contributed by atoms with Gasteiger partial charge in [0.15, 0.2) is 5.13 Å². The lowest BCUT2D eigenvalue weighted by Gasteiger charge is -2.34. The monoisotopic (exact) mass is 308 g/mol. The van der Waals surface area contributed by atoms with Crippen molar-refractivity contribution in [3.8, 4) is 0 Å². The number of pyridine rings is 1. The van der Waals surface area contributed by atoms with Crippen LogP contribution in [0.25, 0.3) is 0 Å². The SMILES string of the molecule is O=C(c1cnccc1Cl)N1CCN(c2nccs2)CC1. The van der Waals surface area contributed by atoms with Crippen molar-refractivity contribution in [1.82, 2.24) is 14.9 Å². The van der Waals surface area contributed by atoms with Crippen molar-refractivity contribution in [3.05, 3.63) is 40.6 Å². The van der Waals surface area contributed by atoms with E-state index in [4.69, 9.17) is 11.6 Å². The Kier molecular flexibility index (Phi) is 3.84. The zero-order valence-electron chi connectivity index (χ0n) is 10.7. The third-order valence-electron chi connectivity index (χ3n) is 3.25. The van der Waals surface area contributed by atoms with Gasteiger partial charge in [0.1, 0.15) is 0 Å². The number of rotatable bonds is 2. The lowest BCUT2D eigenvalue weighted by atomic mass is 10.2. The Morgan fingerprint density at radius 3 is 2.70 bits per heavy atom. The predicted molar refractivity (Wildman–Crippen MR) is 79.5 cm³/mol. The van der Waals surface area contributed by atoms with Crippen LogP contribution in [0.5, 0.6) is 0 Å². The Balaban J connectivity index is 1.66. The summed E-state index contributed by atoms with van der Waals surface area (Å²) < 4.78 is 0. The molecule has 0 radical (unpaired) electrons. The van der Waals surface area contributed by atoms with E-state index in [0.29, 0.717) is 23.7 Å². The van der Waals surface area contributed by atoms with E-state index in [2.05, 4.69) is 14.9 Å². The second-order valence-corrected chi connectivity index (χ2v) is 5.73. The molecule has 1 fully saturated rings. The molecule has 104 valence electrons. The number of amides is 1. The Labute approximate surface area is 125 Å². The Morgan fingerprint density at radius 1 is 1.25 bits per heavy atom. The Morgan fingerprint density at radius 2 is 2.05 bits per heavy atom. The number of hydrogen-bond donors (Lipinski definition) is 0. The maximum absolute atomic E-state index is 12.4. The van der Waals surface area contributed by atoms with Crippen LogP contribution in [-0.2, 0) is 0 Å². The number of hydrogen-bond acceptors (Lipinski definition) is 5. The van der Waals surface area contributed by atoms with Crippen LogP contribution < -0.4 is 4.90 Å². The minimum Gasteiger partial charge on any atom is -0.345 e. The van der Waals surface area contributed by atoms with Crippen LogP contribution >= 0.6 is 22.9 Å². The van der Waals surface area contributed by atoms with E-state index in [1.54, 1.807) is 29.8 Å². The molecule has 20 heavy (non-hydrogen) atoms. The molecule has 0 aliphatic carbocycles. The van der Waals surface area contributed by atoms with Gasteiger partial charge in [0.05, 0.1) is 10.6 Å². The number of carbonyl (C=O) groups excluding carboxylic acids is 1. The van der Waals surface area contributed by atoms with Gasteiger partial charge in [0.25, 0.3) is 5.91 Å². The van der Waals surface area contributed by atoms with E-state index in [0.717, 1.165) is 18.2 Å². The highest BCUT2D eigenvalue weighted by molar-refractivity contribution is 7.13. The lowest BCUT2D eigenvalue weighted by molar-refractivity contribution is 0.0746. The standard InChI is InChI=1S/C13H13ClN4OS/c14-11-1-2-15-9-10(11)12(19)17-4-6-18(7-5-17)13-16-3-8-20-13/h1-3,8-9H,4-7H2. The summed E-state index contributed by atoms with van der Waals surface area (Å²) in [6.45, 7) is 2.92. The highest BCUT2D eigenvalue weighted by Gasteiger charge is 2.24. The summed E-state index contributed by atoms with van der Waals surface area (Å²) in [5.74, 6) is -0.0538. The maximum Gasteiger partial charge on any atom is 0.257 e. The molecule has 2 aromatic rings. The molecule has 1 aliphatic rings. The first kappa shape index (κ1) is 13.3. The smallest absolute Gasteiger partial charge is 0.257 e. The minimum atomic E-state index is -0.0538. The molecule has 1 saturated heterocycles. The molecular formula is C13H13ClN4OS. The molecule has 0 bridgehead atoms. The van der Waals surface area contributed by atoms with Crippen molar-refractivity contribution in [2.24, 2.45) is 0 Å². The van der Waals surface area contributed by atoms with Crippen molar-refractivity contribution in [2.45, 2.75) is 0 Å². The summed E-state index contributed by atoms with van der Waals surface area (Å²) in [6.07, 6.45) is 4.91. The van der Waals surface area contributed by atoms with Crippen LogP contribution in [-0.4, -0.2) is 47.0 Å². The molecule has 2 aromatic heterocycles. The van der Waals surface area contributed by atoms with Gasteiger partial charge in [-0.3, -0.25) is 9.78 Å². The van der Waals surface area contributed by atoms with Gasteiger partial charge >= 0.3 is 0 Å². The number of nitrogens with zero attached hydrogens (tertiary/aromatic N) is 4. The third-order valence-corrected chi connectivity index (χ3v) is 4.42. The summed E-state index contributed by atoms with van der Waals surface area (Å²) in [5, 5.41) is 3.42. The number of anilines is 1. The number of carbonyl (C=O) groups is 1. The fraction of sp³-hybridized carbons (Fsp3) is 0.308. The van der Waals surface area contributed by atoms with Crippen molar-refractivity contribution in [3.63, 3.8) is 0 Å². The summed E-state index contributed by atoms with van der Waals surface area (Å²) in [7, 11) is 0. The van der Waals surface area contributed by atoms with Crippen molar-refractivity contribution >= 4 is 34.0 Å². The molecular weight excluding hydrogens is 296 g/mol. The van der Waals surface area contributed by atoms with Crippen LogP contribution in [0.15, 0.2) is 30.0 Å². The lowest BCUT2D eigenvalue weighted by Crippen LogP contribution is -2.48. The summed E-state index contributed by atoms with van der Waals surface area (Å²) in [5.41, 5.74) is 0.469. The van der Waals surface area contributed by atoms with E-state index in [-0.39, 0.29) is 5.91 Å². The second kappa shape index (κ2) is 5.76. The van der Waals surface area contributed by atoms with Crippen molar-refractivity contribution < 1.29 is 4.79 Å². The molecule has 0 saturated carbocycles. The molecule has 0 unspecified atom stereocenters. The molecule has 5 nitrogen and oxygen atoms in total. The van der Waals surface area contributed by atoms with Crippen molar-refractivity contribution in [1.29, 1.82) is 0 Å². The molecule has 3 heterocycles. The van der Waals surface area contributed by atoms with Crippen LogP contribution in [0.3, 0.4) is 0 Å². The van der Waals surface area contributed by atoms with Gasteiger partial charge in [-0.25, -0.2) is 4.98 Å². The predicted octanol–water partition coefficient (Wildman–Crippen LogP) is 2.15. The molecule has 0 atom stereocenters. The fourth-order valence-corrected chi connectivity index (χ4v) is 3.06. The average molecular weight is 309 g/mol. The van der Waals surface area contributed by atoms with E-state index >= 15 is 0 Å². The van der Waals surface area contributed by atoms with Gasteiger partial charge in [0, 0.05) is 50.1 Å². The molecule has 1 aliphatic heterocycles. The first-order valence-corrected chi connectivity index (χ1v) is 7.54. The Hall–Kier alpha value is -1.66. The van der Waals surface area contributed by atoms with Gasteiger partial charge in [0.2, 0.25) is 0 Å². The van der Waals surface area contributed by atoms with Gasteiger partial charge in [-0.1, -0.05) is 11.6 Å². The zero-order valence-corrected chi connectivity index (χ0v) is 12.3. The van der Waals surface area contributed by atoms with E-state index < -0.39 is 0 Å². The van der Waals surface area contributed by atoms with Gasteiger partial charge in [-0.2, -0.15) is 0 Å². The molecule has 1 amide bonds. The quantitative estimate of drug-likeness (QED) is 0.853. The largest absolute Gasteiger partial charge is 0.345 e. The fourth-order valence-electron chi connectivity index (χ4n) is 2.18. The zero-order chi connectivity index (χ0) is 13.9. The number of piperazine rings is 1. The highest BCUT2D eigenvalue weighted by Crippen LogP contribution is 2.21. The highest BCUT2D eigenvalue weighted by atomic mass is 35.5. The van der Waals surface area contributed by atoms with Gasteiger partial charge in [-0.05, 0) is 6.07 Å². The summed E-state index contributed by atoms with van der Waals surface area (Å²) >= 11 is 7.66. The van der Waals surface area contributed by atoms with Crippen LogP contribution in [0.1, 0.15) is 10.4 Å². The van der Waals surface area contributed by atoms with E-state index in [1.165, 1.54) is 6.20 Å².